The van der Waals surface area contributed by atoms with Gasteiger partial charge in [-0.3, -0.25) is 4.98 Å². The van der Waals surface area contributed by atoms with Crippen LogP contribution in [0.15, 0.2) is 24.4 Å². The Hall–Kier alpha value is -2.12. The van der Waals surface area contributed by atoms with Crippen molar-refractivity contribution >= 4 is 47.7 Å². The lowest BCUT2D eigenvalue weighted by Crippen LogP contribution is -2.36. The number of aromatic nitrogens is 3. The molecule has 0 bridgehead atoms. The van der Waals surface area contributed by atoms with Gasteiger partial charge in [0.2, 0.25) is 0 Å². The number of benzene rings is 1. The Morgan fingerprint density at radius 3 is 2.38 bits per heavy atom. The van der Waals surface area contributed by atoms with E-state index in [0.717, 1.165) is 16.9 Å². The Bertz CT molecular complexity index is 1250. The van der Waals surface area contributed by atoms with Crippen LogP contribution in [0, 0.1) is 15.3 Å². The summed E-state index contributed by atoms with van der Waals surface area (Å²) in [4.78, 5) is 18.2. The van der Waals surface area contributed by atoms with Crippen molar-refractivity contribution in [1.82, 2.24) is 19.7 Å². The van der Waals surface area contributed by atoms with E-state index in [9.17, 15) is 4.79 Å². The summed E-state index contributed by atoms with van der Waals surface area (Å²) in [6, 6.07) is 5.16. The molecule has 2 heterocycles. The van der Waals surface area contributed by atoms with Gasteiger partial charge in [-0.05, 0) is 80.1 Å². The summed E-state index contributed by atoms with van der Waals surface area (Å²) in [5.41, 5.74) is 0.340. The van der Waals surface area contributed by atoms with E-state index in [-0.39, 0.29) is 24.5 Å². The number of halogens is 3. The van der Waals surface area contributed by atoms with Gasteiger partial charge in [-0.15, -0.1) is 0 Å². The number of pyridine rings is 1. The maximum atomic E-state index is 15.2. The van der Waals surface area contributed by atoms with Crippen molar-refractivity contribution in [2.75, 3.05) is 13.2 Å². The third-order valence-corrected chi connectivity index (χ3v) is 8.07. The molecule has 0 atom stereocenters. The predicted octanol–water partition coefficient (Wildman–Crippen LogP) is 7.05. The predicted molar refractivity (Wildman–Crippen MR) is 152 cm³/mol. The standard InChI is InChI=1S/C26H35F2IN4O3Si/c1-8-32(25(34)36-26(2,3)4)15-17-11-19(27)23(20(28)12-17)21-13-18-22(14-30-21)33(31-24(18)29)16-35-9-10-37(5,6)7/h11-14H,8-10,15-16H2,1-7H3. The molecule has 0 fully saturated rings. The fraction of sp³-hybridized carbons (Fsp3) is 0.500. The summed E-state index contributed by atoms with van der Waals surface area (Å²) in [6.07, 6.45) is 1.03. The van der Waals surface area contributed by atoms with Gasteiger partial charge in [0.1, 0.15) is 27.7 Å². The smallest absolute Gasteiger partial charge is 0.410 e. The molecule has 1 aromatic carbocycles. The zero-order valence-electron chi connectivity index (χ0n) is 22.5. The summed E-state index contributed by atoms with van der Waals surface area (Å²) in [5.74, 6) is -1.50. The second-order valence-corrected chi connectivity index (χ2v) is 17.8. The summed E-state index contributed by atoms with van der Waals surface area (Å²) < 4.78 is 44.0. The molecule has 1 amide bonds. The van der Waals surface area contributed by atoms with Crippen LogP contribution in [0.3, 0.4) is 0 Å². The first-order valence-electron chi connectivity index (χ1n) is 12.2. The van der Waals surface area contributed by atoms with Gasteiger partial charge < -0.3 is 14.4 Å². The molecule has 0 saturated carbocycles. The number of carbonyl (C=O) groups excluding carboxylic acids is 1. The van der Waals surface area contributed by atoms with Crippen LogP contribution < -0.4 is 0 Å². The highest BCUT2D eigenvalue weighted by Crippen LogP contribution is 2.30. The zero-order chi connectivity index (χ0) is 27.5. The number of nitrogens with zero attached hydrogens (tertiary/aromatic N) is 4. The Balaban J connectivity index is 1.82. The van der Waals surface area contributed by atoms with Crippen molar-refractivity contribution < 1.29 is 23.0 Å². The second kappa shape index (κ2) is 11.7. The SMILES string of the molecule is CCN(Cc1cc(F)c(-c2cc3c(I)nn(COCC[Si](C)(C)C)c3cn2)c(F)c1)C(=O)OC(C)(C)C. The van der Waals surface area contributed by atoms with Gasteiger partial charge in [-0.2, -0.15) is 5.10 Å². The number of rotatable bonds is 9. The first-order valence-corrected chi connectivity index (χ1v) is 17.0. The normalized spacial score (nSPS) is 12.3. The van der Waals surface area contributed by atoms with Crippen LogP contribution in [0.5, 0.6) is 0 Å². The lowest BCUT2D eigenvalue weighted by Gasteiger charge is -2.26. The minimum absolute atomic E-state index is 0.0222. The average Bonchev–Trinajstić information content (AvgIpc) is 3.07. The number of hydrogen-bond donors (Lipinski definition) is 0. The van der Waals surface area contributed by atoms with E-state index < -0.39 is 31.4 Å². The highest BCUT2D eigenvalue weighted by molar-refractivity contribution is 14.1. The molecular weight excluding hydrogens is 609 g/mol. The van der Waals surface area contributed by atoms with E-state index in [2.05, 4.69) is 52.3 Å². The zero-order valence-corrected chi connectivity index (χ0v) is 25.6. The maximum absolute atomic E-state index is 15.2. The minimum atomic E-state index is -1.20. The fourth-order valence-electron chi connectivity index (χ4n) is 3.61. The van der Waals surface area contributed by atoms with Crippen molar-refractivity contribution in [3.63, 3.8) is 0 Å². The molecule has 0 spiro atoms. The van der Waals surface area contributed by atoms with Gasteiger partial charge in [0.05, 0.1) is 23.0 Å². The number of amides is 1. The van der Waals surface area contributed by atoms with Crippen LogP contribution in [-0.4, -0.2) is 52.6 Å². The summed E-state index contributed by atoms with van der Waals surface area (Å²) >= 11 is 2.10. The second-order valence-electron chi connectivity index (χ2n) is 11.2. The monoisotopic (exact) mass is 644 g/mol. The van der Waals surface area contributed by atoms with Gasteiger partial charge in [0, 0.05) is 33.2 Å². The molecule has 37 heavy (non-hydrogen) atoms. The molecule has 0 radical (unpaired) electrons. The van der Waals surface area contributed by atoms with Crippen molar-refractivity contribution in [3.05, 3.63) is 45.3 Å². The fourth-order valence-corrected chi connectivity index (χ4v) is 5.06. The molecule has 7 nitrogen and oxygen atoms in total. The van der Waals surface area contributed by atoms with E-state index in [4.69, 9.17) is 9.47 Å². The van der Waals surface area contributed by atoms with Crippen molar-refractivity contribution in [2.45, 2.75) is 72.3 Å². The van der Waals surface area contributed by atoms with Gasteiger partial charge in [-0.1, -0.05) is 19.6 Å². The van der Waals surface area contributed by atoms with Crippen LogP contribution in [-0.2, 0) is 22.7 Å². The number of fused-ring (bicyclic) bond motifs is 1. The van der Waals surface area contributed by atoms with E-state index in [1.807, 2.05) is 0 Å². The lowest BCUT2D eigenvalue weighted by molar-refractivity contribution is 0.0244. The van der Waals surface area contributed by atoms with Gasteiger partial charge in [-0.25, -0.2) is 18.3 Å². The first-order chi connectivity index (χ1) is 17.2. The molecule has 11 heteroatoms. The number of ether oxygens (including phenoxy) is 2. The molecule has 3 rings (SSSR count). The van der Waals surface area contributed by atoms with Crippen molar-refractivity contribution in [1.29, 1.82) is 0 Å². The summed E-state index contributed by atoms with van der Waals surface area (Å²) in [5, 5.41) is 5.25. The Labute approximate surface area is 231 Å². The molecule has 0 aliphatic heterocycles. The Morgan fingerprint density at radius 1 is 1.16 bits per heavy atom. The van der Waals surface area contributed by atoms with Crippen LogP contribution >= 0.6 is 22.6 Å². The highest BCUT2D eigenvalue weighted by Gasteiger charge is 2.23. The molecule has 0 unspecified atom stereocenters. The third kappa shape index (κ3) is 7.93. The van der Waals surface area contributed by atoms with Gasteiger partial charge in [0.25, 0.3) is 0 Å². The van der Waals surface area contributed by atoms with Crippen molar-refractivity contribution in [3.8, 4) is 11.3 Å². The number of carbonyl (C=O) groups is 1. The van der Waals surface area contributed by atoms with Gasteiger partial charge >= 0.3 is 6.09 Å². The topological polar surface area (TPSA) is 69.5 Å². The summed E-state index contributed by atoms with van der Waals surface area (Å²) in [7, 11) is -1.20. The molecule has 3 aromatic rings. The highest BCUT2D eigenvalue weighted by atomic mass is 127. The molecule has 0 aliphatic rings. The molecule has 0 aliphatic carbocycles. The first kappa shape index (κ1) is 29.4. The van der Waals surface area contributed by atoms with Crippen LogP contribution in [0.4, 0.5) is 13.6 Å². The molecule has 202 valence electrons. The van der Waals surface area contributed by atoms with E-state index >= 15 is 8.78 Å². The maximum Gasteiger partial charge on any atom is 0.410 e. The molecule has 0 N–H and O–H groups in total. The van der Waals surface area contributed by atoms with E-state index in [0.29, 0.717) is 22.4 Å². The Kier molecular flexibility index (Phi) is 9.33. The summed E-state index contributed by atoms with van der Waals surface area (Å²) in [6.45, 7) is 15.3. The molecule has 2 aromatic heterocycles. The number of hydrogen-bond acceptors (Lipinski definition) is 5. The van der Waals surface area contributed by atoms with Crippen molar-refractivity contribution in [2.24, 2.45) is 0 Å². The van der Waals surface area contributed by atoms with Crippen LogP contribution in [0.2, 0.25) is 25.7 Å². The van der Waals surface area contributed by atoms with Crippen LogP contribution in [0.25, 0.3) is 22.2 Å². The molecular formula is C26H35F2IN4O3Si. The molecule has 0 saturated heterocycles. The average molecular weight is 645 g/mol. The Morgan fingerprint density at radius 2 is 1.81 bits per heavy atom. The largest absolute Gasteiger partial charge is 0.444 e. The minimum Gasteiger partial charge on any atom is -0.444 e. The van der Waals surface area contributed by atoms with Crippen LogP contribution in [0.1, 0.15) is 33.3 Å². The third-order valence-electron chi connectivity index (χ3n) is 5.57. The van der Waals surface area contributed by atoms with E-state index in [1.165, 1.54) is 17.0 Å². The quantitative estimate of drug-likeness (QED) is 0.142. The lowest BCUT2D eigenvalue weighted by atomic mass is 10.1. The van der Waals surface area contributed by atoms with Gasteiger partial charge in [0.15, 0.2) is 0 Å². The van der Waals surface area contributed by atoms with E-state index in [1.54, 1.807) is 44.6 Å².